The predicted octanol–water partition coefficient (Wildman–Crippen LogP) is 11.8. The Labute approximate surface area is 298 Å². The number of nitrogens with zero attached hydrogens (tertiary/aromatic N) is 2. The van der Waals surface area contributed by atoms with Crippen molar-refractivity contribution >= 4 is 65.4 Å². The lowest BCUT2D eigenvalue weighted by Crippen LogP contribution is -2.11. The van der Waals surface area contributed by atoms with Crippen molar-refractivity contribution in [1.29, 1.82) is 0 Å². The molecule has 0 saturated carbocycles. The van der Waals surface area contributed by atoms with E-state index in [1.54, 1.807) is 0 Å². The summed E-state index contributed by atoms with van der Waals surface area (Å²) < 4.78 is 4.28. The van der Waals surface area contributed by atoms with Crippen LogP contribution < -0.4 is 0 Å². The van der Waals surface area contributed by atoms with E-state index in [0.29, 0.717) is 0 Å². The molecular weight excluding hydrogens is 619 g/mol. The zero-order valence-corrected chi connectivity index (χ0v) is 29.9. The smallest absolute Gasteiger partial charge is 0.0625 e. The first-order chi connectivity index (χ1) is 24.6. The number of H-pyrrole nitrogens is 1. The van der Waals surface area contributed by atoms with Gasteiger partial charge in [-0.25, -0.2) is 0 Å². The number of aromatic nitrogens is 3. The van der Waals surface area contributed by atoms with Crippen molar-refractivity contribution < 1.29 is 0 Å². The van der Waals surface area contributed by atoms with E-state index in [4.69, 9.17) is 0 Å². The summed E-state index contributed by atoms with van der Waals surface area (Å²) in [5, 5.41) is 7.20. The molecule has 3 nitrogen and oxygen atoms in total. The SMILES string of the molecule is CC(C)(C)c1cc(C#Cn2c3ccccc3c3ccccc32)c2[nH]c3c(C#Cn4c5ccccc5c5ccccc54)cc(C(C)(C)C)cc3c2c1. The van der Waals surface area contributed by atoms with Gasteiger partial charge in [-0.05, 0) is 82.3 Å². The molecule has 0 bridgehead atoms. The minimum Gasteiger partial charge on any atom is -0.352 e. The van der Waals surface area contributed by atoms with E-state index in [1.807, 2.05) is 0 Å². The summed E-state index contributed by atoms with van der Waals surface area (Å²) in [6.07, 6.45) is 0. The Morgan fingerprint density at radius 1 is 0.412 bits per heavy atom. The van der Waals surface area contributed by atoms with Crippen LogP contribution in [0.2, 0.25) is 0 Å². The van der Waals surface area contributed by atoms with Gasteiger partial charge < -0.3 is 4.98 Å². The van der Waals surface area contributed by atoms with Crippen molar-refractivity contribution in [2.24, 2.45) is 0 Å². The number of nitrogens with one attached hydrogen (secondary N) is 1. The van der Waals surface area contributed by atoms with Gasteiger partial charge in [0.1, 0.15) is 0 Å². The van der Waals surface area contributed by atoms with Gasteiger partial charge in [-0.15, -0.1) is 0 Å². The van der Waals surface area contributed by atoms with Crippen LogP contribution in [0.3, 0.4) is 0 Å². The minimum atomic E-state index is -0.0676. The van der Waals surface area contributed by atoms with Gasteiger partial charge in [0.05, 0.1) is 44.2 Å². The molecule has 9 aromatic rings. The summed E-state index contributed by atoms with van der Waals surface area (Å²) >= 11 is 0. The van der Waals surface area contributed by atoms with Crippen LogP contribution in [0.5, 0.6) is 0 Å². The van der Waals surface area contributed by atoms with Gasteiger partial charge in [0.2, 0.25) is 0 Å². The molecule has 0 spiro atoms. The highest BCUT2D eigenvalue weighted by Gasteiger charge is 2.22. The fourth-order valence-corrected chi connectivity index (χ4v) is 7.48. The van der Waals surface area contributed by atoms with Crippen molar-refractivity contribution in [2.45, 2.75) is 52.4 Å². The molecule has 0 amide bonds. The molecule has 3 aromatic heterocycles. The zero-order valence-electron chi connectivity index (χ0n) is 29.9. The Morgan fingerprint density at radius 3 is 1.04 bits per heavy atom. The summed E-state index contributed by atoms with van der Waals surface area (Å²) in [6.45, 7) is 13.6. The lowest BCUT2D eigenvalue weighted by molar-refractivity contribution is 0.590. The molecule has 0 aliphatic rings. The minimum absolute atomic E-state index is 0.0676. The van der Waals surface area contributed by atoms with Gasteiger partial charge in [0.25, 0.3) is 0 Å². The highest BCUT2D eigenvalue weighted by Crippen LogP contribution is 2.37. The van der Waals surface area contributed by atoms with Crippen molar-refractivity contribution in [3.05, 3.63) is 144 Å². The second kappa shape index (κ2) is 11.2. The number of benzene rings is 6. The molecule has 51 heavy (non-hydrogen) atoms. The third-order valence-electron chi connectivity index (χ3n) is 10.3. The van der Waals surface area contributed by atoms with Gasteiger partial charge >= 0.3 is 0 Å². The second-order valence-electron chi connectivity index (χ2n) is 15.7. The topological polar surface area (TPSA) is 25.6 Å². The van der Waals surface area contributed by atoms with Crippen LogP contribution in [0.4, 0.5) is 0 Å². The van der Waals surface area contributed by atoms with Crippen molar-refractivity contribution in [3.63, 3.8) is 0 Å². The van der Waals surface area contributed by atoms with Gasteiger partial charge in [-0.3, -0.25) is 9.13 Å². The van der Waals surface area contributed by atoms with Gasteiger partial charge in [-0.2, -0.15) is 0 Å². The molecule has 0 fully saturated rings. The fraction of sp³-hybridized carbons (Fsp3) is 0.167. The number of para-hydroxylation sites is 4. The molecule has 3 heteroatoms. The molecule has 246 valence electrons. The molecule has 0 atom stereocenters. The van der Waals surface area contributed by atoms with E-state index in [-0.39, 0.29) is 10.8 Å². The summed E-state index contributed by atoms with van der Waals surface area (Å²) in [4.78, 5) is 3.86. The first kappa shape index (κ1) is 30.9. The zero-order chi connectivity index (χ0) is 35.1. The van der Waals surface area contributed by atoms with Crippen molar-refractivity contribution in [1.82, 2.24) is 14.1 Å². The largest absolute Gasteiger partial charge is 0.352 e. The highest BCUT2D eigenvalue weighted by atomic mass is 15.0. The normalized spacial score (nSPS) is 12.2. The molecule has 0 aliphatic heterocycles. The summed E-state index contributed by atoms with van der Waals surface area (Å²) in [5.74, 6) is 7.30. The summed E-state index contributed by atoms with van der Waals surface area (Å²) in [5.41, 5.74) is 10.9. The van der Waals surface area contributed by atoms with Crippen LogP contribution in [0.15, 0.2) is 121 Å². The van der Waals surface area contributed by atoms with Crippen LogP contribution in [-0.4, -0.2) is 14.1 Å². The third kappa shape index (κ3) is 5.00. The molecule has 0 aliphatic carbocycles. The quantitative estimate of drug-likeness (QED) is 0.157. The summed E-state index contributed by atoms with van der Waals surface area (Å²) in [6, 6.07) is 50.5. The molecule has 0 unspecified atom stereocenters. The summed E-state index contributed by atoms with van der Waals surface area (Å²) in [7, 11) is 0. The van der Waals surface area contributed by atoms with Gasteiger partial charge in [-0.1, -0.05) is 114 Å². The standard InChI is InChI=1S/C48H39N3/c1-47(2,3)33-27-31(23-25-50-41-19-11-7-15-35(41)36-16-8-12-20-42(36)50)45-39(29-33)40-30-34(48(4,5)6)28-32(46(40)49-45)24-26-51-43-21-13-9-17-37(43)38-18-10-14-22-44(38)51/h7-22,27-30,49H,1-6H3. The Bertz CT molecular complexity index is 2680. The fourth-order valence-electron chi connectivity index (χ4n) is 7.48. The van der Waals surface area contributed by atoms with Crippen molar-refractivity contribution in [2.75, 3.05) is 0 Å². The first-order valence-electron chi connectivity index (χ1n) is 17.7. The number of hydrogen-bond acceptors (Lipinski definition) is 0. The first-order valence-corrected chi connectivity index (χ1v) is 17.7. The van der Waals surface area contributed by atoms with E-state index in [1.165, 1.54) is 43.4 Å². The Kier molecular flexibility index (Phi) is 6.77. The monoisotopic (exact) mass is 657 g/mol. The number of rotatable bonds is 0. The van der Waals surface area contributed by atoms with Gasteiger partial charge in [0, 0.05) is 44.4 Å². The molecule has 0 radical (unpaired) electrons. The van der Waals surface area contributed by atoms with Gasteiger partial charge in [0.15, 0.2) is 0 Å². The van der Waals surface area contributed by atoms with E-state index in [0.717, 1.165) is 44.2 Å². The Balaban J connectivity index is 1.32. The van der Waals surface area contributed by atoms with Crippen LogP contribution in [-0.2, 0) is 10.8 Å². The maximum absolute atomic E-state index is 3.86. The Hall–Kier alpha value is -6.16. The predicted molar refractivity (Wildman–Crippen MR) is 217 cm³/mol. The van der Waals surface area contributed by atoms with Crippen LogP contribution >= 0.6 is 0 Å². The van der Waals surface area contributed by atoms with Crippen LogP contribution in [0.25, 0.3) is 65.4 Å². The highest BCUT2D eigenvalue weighted by molar-refractivity contribution is 6.12. The molecule has 9 rings (SSSR count). The Morgan fingerprint density at radius 2 is 0.725 bits per heavy atom. The number of fused-ring (bicyclic) bond motifs is 9. The molecule has 0 saturated heterocycles. The van der Waals surface area contributed by atoms with Crippen molar-refractivity contribution in [3.8, 4) is 23.9 Å². The third-order valence-corrected chi connectivity index (χ3v) is 10.3. The molecule has 1 N–H and O–H groups in total. The number of hydrogen-bond donors (Lipinski definition) is 1. The van der Waals surface area contributed by atoms with E-state index >= 15 is 0 Å². The maximum Gasteiger partial charge on any atom is 0.0625 e. The molecule has 3 heterocycles. The number of aromatic amines is 1. The second-order valence-corrected chi connectivity index (χ2v) is 15.7. The van der Waals surface area contributed by atoms with E-state index in [9.17, 15) is 0 Å². The lowest BCUT2D eigenvalue weighted by atomic mass is 9.83. The van der Waals surface area contributed by atoms with E-state index < -0.39 is 0 Å². The average Bonchev–Trinajstić information content (AvgIpc) is 3.77. The van der Waals surface area contributed by atoms with Crippen LogP contribution in [0.1, 0.15) is 63.8 Å². The maximum atomic E-state index is 3.86. The average molecular weight is 658 g/mol. The molecular formula is C48H39N3. The van der Waals surface area contributed by atoms with Crippen LogP contribution in [0, 0.1) is 23.9 Å². The lowest BCUT2D eigenvalue weighted by Gasteiger charge is -2.20. The van der Waals surface area contributed by atoms with E-state index in [2.05, 4.69) is 201 Å². The molecule has 6 aromatic carbocycles.